The maximum absolute atomic E-state index is 11.4. The number of H-pyrrole nitrogens is 1. The highest BCUT2D eigenvalue weighted by Gasteiger charge is 2.26. The van der Waals surface area contributed by atoms with Gasteiger partial charge in [0.05, 0.1) is 0 Å². The Morgan fingerprint density at radius 2 is 2.23 bits per heavy atom. The zero-order valence-electron chi connectivity index (χ0n) is 7.33. The standard InChI is InChI=1S/C8H11N3O2/c1-9-6-4-7(12)10-8(13)11(6)5-2-3-5/h4-5,9H,2-3H2,1H3,(H,10,12,13). The van der Waals surface area contributed by atoms with Crippen molar-refractivity contribution in [2.24, 2.45) is 0 Å². The largest absolute Gasteiger partial charge is 0.374 e. The second kappa shape index (κ2) is 2.76. The van der Waals surface area contributed by atoms with Crippen LogP contribution in [0.25, 0.3) is 0 Å². The zero-order valence-corrected chi connectivity index (χ0v) is 7.33. The summed E-state index contributed by atoms with van der Waals surface area (Å²) in [6, 6.07) is 1.67. The van der Waals surface area contributed by atoms with Gasteiger partial charge in [-0.25, -0.2) is 4.79 Å². The van der Waals surface area contributed by atoms with Gasteiger partial charge in [0.15, 0.2) is 0 Å². The van der Waals surface area contributed by atoms with E-state index in [9.17, 15) is 9.59 Å². The summed E-state index contributed by atoms with van der Waals surface area (Å²) >= 11 is 0. The molecule has 1 aromatic rings. The summed E-state index contributed by atoms with van der Waals surface area (Å²) in [5.41, 5.74) is -0.675. The fourth-order valence-corrected chi connectivity index (χ4v) is 1.39. The van der Waals surface area contributed by atoms with E-state index in [4.69, 9.17) is 0 Å². The van der Waals surface area contributed by atoms with Crippen LogP contribution >= 0.6 is 0 Å². The van der Waals surface area contributed by atoms with Crippen molar-refractivity contribution < 1.29 is 0 Å². The monoisotopic (exact) mass is 181 g/mol. The minimum absolute atomic E-state index is 0.270. The molecule has 0 atom stereocenters. The summed E-state index contributed by atoms with van der Waals surface area (Å²) in [6.45, 7) is 0. The molecule has 2 N–H and O–H groups in total. The Kier molecular flexibility index (Phi) is 1.72. The normalized spacial score (nSPS) is 15.8. The minimum Gasteiger partial charge on any atom is -0.374 e. The van der Waals surface area contributed by atoms with E-state index >= 15 is 0 Å². The molecule has 5 nitrogen and oxygen atoms in total. The van der Waals surface area contributed by atoms with Crippen molar-refractivity contribution in [1.29, 1.82) is 0 Å². The van der Waals surface area contributed by atoms with Crippen molar-refractivity contribution >= 4 is 5.82 Å². The maximum atomic E-state index is 11.4. The third kappa shape index (κ3) is 1.37. The molecule has 1 aliphatic rings. The third-order valence-electron chi connectivity index (χ3n) is 2.14. The molecule has 0 spiro atoms. The summed E-state index contributed by atoms with van der Waals surface area (Å²) < 4.78 is 1.60. The number of aromatic amines is 1. The molecule has 13 heavy (non-hydrogen) atoms. The predicted octanol–water partition coefficient (Wildman–Crippen LogP) is -0.0868. The summed E-state index contributed by atoms with van der Waals surface area (Å²) in [7, 11) is 1.70. The number of anilines is 1. The molecule has 1 aliphatic carbocycles. The lowest BCUT2D eigenvalue weighted by atomic mass is 10.5. The first kappa shape index (κ1) is 8.10. The van der Waals surface area contributed by atoms with Crippen LogP contribution in [0.4, 0.5) is 5.82 Å². The second-order valence-electron chi connectivity index (χ2n) is 3.18. The van der Waals surface area contributed by atoms with Gasteiger partial charge in [0, 0.05) is 19.2 Å². The predicted molar refractivity (Wildman–Crippen MR) is 49.1 cm³/mol. The van der Waals surface area contributed by atoms with Gasteiger partial charge >= 0.3 is 5.69 Å². The number of hydrogen-bond donors (Lipinski definition) is 2. The van der Waals surface area contributed by atoms with E-state index in [-0.39, 0.29) is 17.3 Å². The first-order valence-corrected chi connectivity index (χ1v) is 4.26. The topological polar surface area (TPSA) is 66.9 Å². The Morgan fingerprint density at radius 1 is 1.54 bits per heavy atom. The van der Waals surface area contributed by atoms with Gasteiger partial charge in [-0.3, -0.25) is 14.3 Å². The molecular formula is C8H11N3O2. The van der Waals surface area contributed by atoms with Gasteiger partial charge < -0.3 is 5.32 Å². The van der Waals surface area contributed by atoms with Crippen LogP contribution in [0, 0.1) is 0 Å². The number of hydrogen-bond acceptors (Lipinski definition) is 3. The molecule has 0 aliphatic heterocycles. The van der Waals surface area contributed by atoms with E-state index in [0.717, 1.165) is 12.8 Å². The first-order chi connectivity index (χ1) is 6.22. The van der Waals surface area contributed by atoms with Crippen LogP contribution in [-0.2, 0) is 0 Å². The fourth-order valence-electron chi connectivity index (χ4n) is 1.39. The fraction of sp³-hybridized carbons (Fsp3) is 0.500. The maximum Gasteiger partial charge on any atom is 0.330 e. The van der Waals surface area contributed by atoms with Gasteiger partial charge in [-0.2, -0.15) is 0 Å². The van der Waals surface area contributed by atoms with E-state index in [1.165, 1.54) is 6.07 Å². The van der Waals surface area contributed by atoms with Crippen LogP contribution < -0.4 is 16.6 Å². The molecule has 0 radical (unpaired) electrons. The van der Waals surface area contributed by atoms with E-state index in [1.54, 1.807) is 11.6 Å². The minimum atomic E-state index is -0.355. The van der Waals surface area contributed by atoms with Crippen LogP contribution in [0.2, 0.25) is 0 Å². The van der Waals surface area contributed by atoms with Crippen LogP contribution in [0.5, 0.6) is 0 Å². The number of nitrogens with one attached hydrogen (secondary N) is 2. The Labute approximate surface area is 74.4 Å². The van der Waals surface area contributed by atoms with Crippen molar-refractivity contribution in [3.8, 4) is 0 Å². The van der Waals surface area contributed by atoms with Gasteiger partial charge in [-0.15, -0.1) is 0 Å². The van der Waals surface area contributed by atoms with Crippen LogP contribution in [0.15, 0.2) is 15.7 Å². The molecule has 0 amide bonds. The van der Waals surface area contributed by atoms with Crippen molar-refractivity contribution in [2.75, 3.05) is 12.4 Å². The Morgan fingerprint density at radius 3 is 2.77 bits per heavy atom. The highest BCUT2D eigenvalue weighted by Crippen LogP contribution is 2.35. The lowest BCUT2D eigenvalue weighted by molar-refractivity contribution is 0.684. The second-order valence-corrected chi connectivity index (χ2v) is 3.18. The molecule has 0 saturated heterocycles. The molecule has 0 unspecified atom stereocenters. The Bertz CT molecular complexity index is 428. The molecule has 70 valence electrons. The van der Waals surface area contributed by atoms with Gasteiger partial charge in [0.25, 0.3) is 5.56 Å². The van der Waals surface area contributed by atoms with E-state index in [0.29, 0.717) is 5.82 Å². The lowest BCUT2D eigenvalue weighted by Crippen LogP contribution is -2.30. The van der Waals surface area contributed by atoms with E-state index < -0.39 is 0 Å². The van der Waals surface area contributed by atoms with Gasteiger partial charge in [0.1, 0.15) is 5.82 Å². The van der Waals surface area contributed by atoms with Crippen LogP contribution in [0.1, 0.15) is 18.9 Å². The Hall–Kier alpha value is -1.52. The van der Waals surface area contributed by atoms with Crippen molar-refractivity contribution in [3.63, 3.8) is 0 Å². The average molecular weight is 181 g/mol. The summed E-state index contributed by atoms with van der Waals surface area (Å²) in [5, 5.41) is 2.84. The number of rotatable bonds is 2. The van der Waals surface area contributed by atoms with Crippen molar-refractivity contribution in [2.45, 2.75) is 18.9 Å². The molecule has 1 aromatic heterocycles. The van der Waals surface area contributed by atoms with Crippen LogP contribution in [-0.4, -0.2) is 16.6 Å². The summed E-state index contributed by atoms with van der Waals surface area (Å²) in [6.07, 6.45) is 2.03. The molecule has 1 fully saturated rings. The van der Waals surface area contributed by atoms with E-state index in [2.05, 4.69) is 10.3 Å². The van der Waals surface area contributed by atoms with Crippen LogP contribution in [0.3, 0.4) is 0 Å². The molecule has 5 heteroatoms. The van der Waals surface area contributed by atoms with Crippen molar-refractivity contribution in [1.82, 2.24) is 9.55 Å². The molecule has 0 bridgehead atoms. The third-order valence-corrected chi connectivity index (χ3v) is 2.14. The SMILES string of the molecule is CNc1cc(=O)[nH]c(=O)n1C1CC1. The molecular weight excluding hydrogens is 170 g/mol. The molecule has 0 aromatic carbocycles. The smallest absolute Gasteiger partial charge is 0.330 e. The zero-order chi connectivity index (χ0) is 9.42. The van der Waals surface area contributed by atoms with Gasteiger partial charge in [-0.05, 0) is 12.8 Å². The lowest BCUT2D eigenvalue weighted by Gasteiger charge is -2.08. The Balaban J connectivity index is 2.63. The molecule has 1 saturated carbocycles. The number of nitrogens with zero attached hydrogens (tertiary/aromatic N) is 1. The van der Waals surface area contributed by atoms with E-state index in [1.807, 2.05) is 0 Å². The quantitative estimate of drug-likeness (QED) is 0.670. The summed E-state index contributed by atoms with van der Waals surface area (Å²) in [4.78, 5) is 24.6. The first-order valence-electron chi connectivity index (χ1n) is 4.26. The molecule has 2 rings (SSSR count). The molecule has 1 heterocycles. The number of aromatic nitrogens is 2. The average Bonchev–Trinajstić information content (AvgIpc) is 2.86. The highest BCUT2D eigenvalue weighted by atomic mass is 16.2. The van der Waals surface area contributed by atoms with Gasteiger partial charge in [-0.1, -0.05) is 0 Å². The van der Waals surface area contributed by atoms with Gasteiger partial charge in [0.2, 0.25) is 0 Å². The summed E-state index contributed by atoms with van der Waals surface area (Å²) in [5.74, 6) is 0.594. The van der Waals surface area contributed by atoms with Crippen molar-refractivity contribution in [3.05, 3.63) is 26.9 Å². The highest BCUT2D eigenvalue weighted by molar-refractivity contribution is 5.34.